The summed E-state index contributed by atoms with van der Waals surface area (Å²) in [7, 11) is 1.14. The van der Waals surface area contributed by atoms with Gasteiger partial charge < -0.3 is 4.74 Å². The van der Waals surface area contributed by atoms with Crippen LogP contribution in [0.4, 0.5) is 10.1 Å². The fourth-order valence-electron chi connectivity index (χ4n) is 2.17. The van der Waals surface area contributed by atoms with Crippen molar-refractivity contribution in [2.45, 2.75) is 5.92 Å². The van der Waals surface area contributed by atoms with Crippen LogP contribution in [0.1, 0.15) is 17.0 Å². The SMILES string of the molecule is COC(=O)C(c1ccc(Cl)cc1F)c1ccccc1[N+](=O)[O-]. The van der Waals surface area contributed by atoms with Gasteiger partial charge in [-0.15, -0.1) is 0 Å². The van der Waals surface area contributed by atoms with Crippen molar-refractivity contribution in [2.75, 3.05) is 7.11 Å². The normalized spacial score (nSPS) is 11.8. The molecule has 0 spiro atoms. The fraction of sp³-hybridized carbons (Fsp3) is 0.133. The minimum atomic E-state index is -1.25. The van der Waals surface area contributed by atoms with Gasteiger partial charge in [0.2, 0.25) is 0 Å². The number of rotatable bonds is 4. The second-order valence-electron chi connectivity index (χ2n) is 4.44. The van der Waals surface area contributed by atoms with Crippen LogP contribution >= 0.6 is 11.6 Å². The Morgan fingerprint density at radius 2 is 1.95 bits per heavy atom. The topological polar surface area (TPSA) is 69.4 Å². The van der Waals surface area contributed by atoms with E-state index in [1.807, 2.05) is 0 Å². The maximum atomic E-state index is 14.2. The monoisotopic (exact) mass is 323 g/mol. The molecule has 0 saturated heterocycles. The van der Waals surface area contributed by atoms with Crippen LogP contribution in [0.15, 0.2) is 42.5 Å². The Kier molecular flexibility index (Phi) is 4.72. The van der Waals surface area contributed by atoms with Gasteiger partial charge in [-0.25, -0.2) is 4.39 Å². The summed E-state index contributed by atoms with van der Waals surface area (Å²) in [4.78, 5) is 22.6. The Morgan fingerprint density at radius 1 is 1.27 bits per heavy atom. The van der Waals surface area contributed by atoms with Gasteiger partial charge in [-0.2, -0.15) is 0 Å². The summed E-state index contributed by atoms with van der Waals surface area (Å²) in [6.45, 7) is 0. The van der Waals surface area contributed by atoms with Crippen molar-refractivity contribution in [3.05, 3.63) is 74.5 Å². The van der Waals surface area contributed by atoms with E-state index in [9.17, 15) is 19.3 Å². The second kappa shape index (κ2) is 6.53. The van der Waals surface area contributed by atoms with Crippen LogP contribution in [0.25, 0.3) is 0 Å². The first-order valence-electron chi connectivity index (χ1n) is 6.21. The Balaban J connectivity index is 2.67. The zero-order valence-corrected chi connectivity index (χ0v) is 12.2. The molecule has 7 heteroatoms. The number of nitro benzene ring substituents is 1. The number of methoxy groups -OCH3 is 1. The maximum absolute atomic E-state index is 14.2. The quantitative estimate of drug-likeness (QED) is 0.489. The van der Waals surface area contributed by atoms with Gasteiger partial charge in [-0.1, -0.05) is 35.9 Å². The molecule has 0 N–H and O–H groups in total. The molecular weight excluding hydrogens is 313 g/mol. The molecule has 0 radical (unpaired) electrons. The van der Waals surface area contributed by atoms with Gasteiger partial charge in [0.05, 0.1) is 12.0 Å². The van der Waals surface area contributed by atoms with Gasteiger partial charge in [0.25, 0.3) is 5.69 Å². The molecule has 2 aromatic carbocycles. The van der Waals surface area contributed by atoms with E-state index >= 15 is 0 Å². The summed E-state index contributed by atoms with van der Waals surface area (Å²) in [6, 6.07) is 9.41. The van der Waals surface area contributed by atoms with Crippen LogP contribution in [0.5, 0.6) is 0 Å². The maximum Gasteiger partial charge on any atom is 0.318 e. The standard InChI is InChI=1S/C15H11ClFNO4/c1-22-15(19)14(10-7-6-9(16)8-12(10)17)11-4-2-3-5-13(11)18(20)21/h2-8,14H,1H3. The van der Waals surface area contributed by atoms with Crippen LogP contribution in [0.3, 0.4) is 0 Å². The van der Waals surface area contributed by atoms with Crippen LogP contribution in [-0.4, -0.2) is 18.0 Å². The molecule has 114 valence electrons. The average Bonchev–Trinajstić information content (AvgIpc) is 2.49. The van der Waals surface area contributed by atoms with Gasteiger partial charge in [-0.05, 0) is 12.1 Å². The molecule has 1 unspecified atom stereocenters. The van der Waals surface area contributed by atoms with Crippen molar-refractivity contribution in [1.29, 1.82) is 0 Å². The molecule has 5 nitrogen and oxygen atoms in total. The summed E-state index contributed by atoms with van der Waals surface area (Å²) >= 11 is 5.70. The van der Waals surface area contributed by atoms with Crippen LogP contribution in [-0.2, 0) is 9.53 Å². The zero-order chi connectivity index (χ0) is 16.3. The van der Waals surface area contributed by atoms with E-state index in [4.69, 9.17) is 11.6 Å². The number of para-hydroxylation sites is 1. The highest BCUT2D eigenvalue weighted by Gasteiger charge is 2.32. The molecule has 0 aromatic heterocycles. The van der Waals surface area contributed by atoms with Crippen LogP contribution in [0.2, 0.25) is 5.02 Å². The van der Waals surface area contributed by atoms with Gasteiger partial charge in [0.15, 0.2) is 0 Å². The molecule has 2 rings (SSSR count). The van der Waals surface area contributed by atoms with E-state index in [2.05, 4.69) is 4.74 Å². The van der Waals surface area contributed by atoms with E-state index in [0.29, 0.717) is 0 Å². The highest BCUT2D eigenvalue weighted by molar-refractivity contribution is 6.30. The summed E-state index contributed by atoms with van der Waals surface area (Å²) in [5.74, 6) is -2.78. The van der Waals surface area contributed by atoms with Crippen molar-refractivity contribution in [2.24, 2.45) is 0 Å². The van der Waals surface area contributed by atoms with Crippen LogP contribution in [0, 0.1) is 15.9 Å². The Morgan fingerprint density at radius 3 is 2.55 bits per heavy atom. The van der Waals surface area contributed by atoms with Gasteiger partial charge in [0.1, 0.15) is 11.7 Å². The minimum Gasteiger partial charge on any atom is -0.468 e. The Hall–Kier alpha value is -2.47. The van der Waals surface area contributed by atoms with Crippen molar-refractivity contribution in [3.8, 4) is 0 Å². The van der Waals surface area contributed by atoms with E-state index < -0.39 is 22.6 Å². The summed E-state index contributed by atoms with van der Waals surface area (Å²) in [5.41, 5.74) is -0.265. The van der Waals surface area contributed by atoms with Gasteiger partial charge >= 0.3 is 5.97 Å². The molecule has 0 bridgehead atoms. The van der Waals surface area contributed by atoms with Crippen molar-refractivity contribution < 1.29 is 18.8 Å². The summed E-state index contributed by atoms with van der Waals surface area (Å²) in [5, 5.41) is 11.3. The third-order valence-corrected chi connectivity index (χ3v) is 3.39. The number of halogens is 2. The molecule has 22 heavy (non-hydrogen) atoms. The largest absolute Gasteiger partial charge is 0.468 e. The van der Waals surface area contributed by atoms with Crippen molar-refractivity contribution in [1.82, 2.24) is 0 Å². The van der Waals surface area contributed by atoms with Crippen molar-refractivity contribution >= 4 is 23.3 Å². The number of nitrogens with zero attached hydrogens (tertiary/aromatic N) is 1. The van der Waals surface area contributed by atoms with Gasteiger partial charge in [-0.3, -0.25) is 14.9 Å². The number of esters is 1. The van der Waals surface area contributed by atoms with Crippen molar-refractivity contribution in [3.63, 3.8) is 0 Å². The molecule has 0 aliphatic heterocycles. The Bertz CT molecular complexity index is 735. The fourth-order valence-corrected chi connectivity index (χ4v) is 2.33. The highest BCUT2D eigenvalue weighted by Crippen LogP contribution is 2.34. The van der Waals surface area contributed by atoms with E-state index in [-0.39, 0.29) is 21.8 Å². The number of carbonyl (C=O) groups excluding carboxylic acids is 1. The first-order chi connectivity index (χ1) is 10.5. The average molecular weight is 324 g/mol. The molecular formula is C15H11ClFNO4. The molecule has 0 heterocycles. The predicted octanol–water partition coefficient (Wildman–Crippen LogP) is 3.69. The van der Waals surface area contributed by atoms with Gasteiger partial charge in [0, 0.05) is 22.2 Å². The minimum absolute atomic E-state index is 0.0365. The zero-order valence-electron chi connectivity index (χ0n) is 11.5. The van der Waals surface area contributed by atoms with E-state index in [1.165, 1.54) is 36.4 Å². The molecule has 0 fully saturated rings. The smallest absolute Gasteiger partial charge is 0.318 e. The highest BCUT2D eigenvalue weighted by atomic mass is 35.5. The number of hydrogen-bond donors (Lipinski definition) is 0. The third kappa shape index (κ3) is 3.07. The lowest BCUT2D eigenvalue weighted by Crippen LogP contribution is -2.18. The molecule has 0 aliphatic rings. The first-order valence-corrected chi connectivity index (χ1v) is 6.59. The second-order valence-corrected chi connectivity index (χ2v) is 4.87. The number of carbonyl (C=O) groups is 1. The lowest BCUT2D eigenvalue weighted by atomic mass is 9.90. The lowest BCUT2D eigenvalue weighted by Gasteiger charge is -2.16. The first kappa shape index (κ1) is 15.9. The number of ether oxygens (including phenoxy) is 1. The van der Waals surface area contributed by atoms with E-state index in [1.54, 1.807) is 0 Å². The summed E-state index contributed by atoms with van der Waals surface area (Å²) in [6.07, 6.45) is 0. The molecule has 0 saturated carbocycles. The predicted molar refractivity (Wildman–Crippen MR) is 78.4 cm³/mol. The van der Waals surface area contributed by atoms with E-state index in [0.717, 1.165) is 13.2 Å². The summed E-state index contributed by atoms with van der Waals surface area (Å²) < 4.78 is 18.8. The molecule has 2 aromatic rings. The number of benzene rings is 2. The number of nitro groups is 1. The van der Waals surface area contributed by atoms with Crippen LogP contribution < -0.4 is 0 Å². The molecule has 1 atom stereocenters. The molecule has 0 aliphatic carbocycles. The third-order valence-electron chi connectivity index (χ3n) is 3.15. The number of hydrogen-bond acceptors (Lipinski definition) is 4. The molecule has 0 amide bonds. The lowest BCUT2D eigenvalue weighted by molar-refractivity contribution is -0.385. The Labute approximate surface area is 130 Å².